The van der Waals surface area contributed by atoms with Crippen molar-refractivity contribution >= 4 is 28.3 Å². The summed E-state index contributed by atoms with van der Waals surface area (Å²) in [5.74, 6) is 0.752. The first-order valence-corrected chi connectivity index (χ1v) is 6.95. The quantitative estimate of drug-likeness (QED) is 0.591. The summed E-state index contributed by atoms with van der Waals surface area (Å²) in [7, 11) is 1.94. The van der Waals surface area contributed by atoms with Crippen molar-refractivity contribution in [3.63, 3.8) is 0 Å². The van der Waals surface area contributed by atoms with Gasteiger partial charge in [-0.3, -0.25) is 0 Å². The molecule has 1 heterocycles. The second-order valence-corrected chi connectivity index (χ2v) is 5.15. The standard InChI is InChI=1S/C16H13ClN4/c1-21-14-5-3-2-4-13(14)20-16(21)15(17)19-12-8-6-11(10-18)7-9-12/h2-9,15,19H,1H3. The van der Waals surface area contributed by atoms with Gasteiger partial charge in [0, 0.05) is 12.7 Å². The average molecular weight is 297 g/mol. The average Bonchev–Trinajstić information content (AvgIpc) is 2.86. The molecule has 2 aromatic carbocycles. The number of imidazole rings is 1. The molecule has 0 amide bonds. The number of aromatic nitrogens is 2. The van der Waals surface area contributed by atoms with Crippen molar-refractivity contribution in [1.82, 2.24) is 9.55 Å². The van der Waals surface area contributed by atoms with Gasteiger partial charge in [-0.15, -0.1) is 0 Å². The molecule has 0 spiro atoms. The first-order valence-electron chi connectivity index (χ1n) is 6.51. The second-order valence-electron chi connectivity index (χ2n) is 4.71. The number of alkyl halides is 1. The van der Waals surface area contributed by atoms with Gasteiger partial charge in [-0.1, -0.05) is 23.7 Å². The van der Waals surface area contributed by atoms with Crippen LogP contribution in [0.5, 0.6) is 0 Å². The third kappa shape index (κ3) is 2.56. The molecule has 0 saturated carbocycles. The van der Waals surface area contributed by atoms with Crippen LogP contribution < -0.4 is 5.32 Å². The van der Waals surface area contributed by atoms with Gasteiger partial charge >= 0.3 is 0 Å². The van der Waals surface area contributed by atoms with Crippen LogP contribution in [0.2, 0.25) is 0 Å². The van der Waals surface area contributed by atoms with Crippen LogP contribution in [0.4, 0.5) is 5.69 Å². The summed E-state index contributed by atoms with van der Waals surface area (Å²) in [6.07, 6.45) is 0. The summed E-state index contributed by atoms with van der Waals surface area (Å²) < 4.78 is 1.98. The van der Waals surface area contributed by atoms with Gasteiger partial charge in [0.1, 0.15) is 5.82 Å². The van der Waals surface area contributed by atoms with Crippen molar-refractivity contribution in [2.75, 3.05) is 5.32 Å². The van der Waals surface area contributed by atoms with Crippen LogP contribution in [0.3, 0.4) is 0 Å². The van der Waals surface area contributed by atoms with E-state index in [0.29, 0.717) is 5.56 Å². The third-order valence-electron chi connectivity index (χ3n) is 3.36. The van der Waals surface area contributed by atoms with E-state index in [4.69, 9.17) is 16.9 Å². The summed E-state index contributed by atoms with van der Waals surface area (Å²) >= 11 is 6.43. The molecule has 3 rings (SSSR count). The number of nitriles is 1. The summed E-state index contributed by atoms with van der Waals surface area (Å²) in [4.78, 5) is 4.56. The van der Waals surface area contributed by atoms with Crippen molar-refractivity contribution in [1.29, 1.82) is 5.26 Å². The Bertz CT molecular complexity index is 814. The molecule has 0 aliphatic carbocycles. The van der Waals surface area contributed by atoms with Crippen molar-refractivity contribution < 1.29 is 0 Å². The lowest BCUT2D eigenvalue weighted by molar-refractivity contribution is 0.818. The number of rotatable bonds is 3. The number of aryl methyl sites for hydroxylation is 1. The van der Waals surface area contributed by atoms with E-state index >= 15 is 0 Å². The number of halogens is 1. The van der Waals surface area contributed by atoms with E-state index in [0.717, 1.165) is 22.5 Å². The van der Waals surface area contributed by atoms with Crippen molar-refractivity contribution in [2.45, 2.75) is 5.50 Å². The fourth-order valence-electron chi connectivity index (χ4n) is 2.24. The summed E-state index contributed by atoms with van der Waals surface area (Å²) in [5.41, 5.74) is 2.98. The first kappa shape index (κ1) is 13.5. The Hall–Kier alpha value is -2.51. The minimum Gasteiger partial charge on any atom is -0.363 e. The van der Waals surface area contributed by atoms with Gasteiger partial charge < -0.3 is 9.88 Å². The molecule has 1 unspecified atom stereocenters. The number of anilines is 1. The minimum absolute atomic E-state index is 0.449. The third-order valence-corrected chi connectivity index (χ3v) is 3.66. The number of nitrogens with zero attached hydrogens (tertiary/aromatic N) is 3. The maximum absolute atomic E-state index is 8.80. The van der Waals surface area contributed by atoms with Crippen LogP contribution in [-0.2, 0) is 7.05 Å². The summed E-state index contributed by atoms with van der Waals surface area (Å²) in [6, 6.07) is 17.2. The van der Waals surface area contributed by atoms with Crippen molar-refractivity contribution in [3.05, 3.63) is 59.9 Å². The molecule has 0 radical (unpaired) electrons. The number of hydrogen-bond acceptors (Lipinski definition) is 3. The highest BCUT2D eigenvalue weighted by atomic mass is 35.5. The molecule has 0 bridgehead atoms. The van der Waals surface area contributed by atoms with Crippen LogP contribution in [0.25, 0.3) is 11.0 Å². The molecule has 104 valence electrons. The van der Waals surface area contributed by atoms with Crippen molar-refractivity contribution in [3.8, 4) is 6.07 Å². The van der Waals surface area contributed by atoms with Gasteiger partial charge in [-0.05, 0) is 36.4 Å². The lowest BCUT2D eigenvalue weighted by Crippen LogP contribution is -2.09. The monoisotopic (exact) mass is 296 g/mol. The van der Waals surface area contributed by atoms with Crippen LogP contribution in [0.15, 0.2) is 48.5 Å². The van der Waals surface area contributed by atoms with Gasteiger partial charge in [0.05, 0.1) is 22.7 Å². The molecular formula is C16H13ClN4. The highest BCUT2D eigenvalue weighted by Gasteiger charge is 2.15. The van der Waals surface area contributed by atoms with Crippen molar-refractivity contribution in [2.24, 2.45) is 7.05 Å². The first-order chi connectivity index (χ1) is 10.2. The molecule has 4 nitrogen and oxygen atoms in total. The van der Waals surface area contributed by atoms with Gasteiger partial charge in [-0.25, -0.2) is 4.98 Å². The molecule has 21 heavy (non-hydrogen) atoms. The predicted molar refractivity (Wildman–Crippen MR) is 84.1 cm³/mol. The number of para-hydroxylation sites is 2. The zero-order valence-corrected chi connectivity index (χ0v) is 12.2. The van der Waals surface area contributed by atoms with Crippen LogP contribution in [0, 0.1) is 11.3 Å². The fourth-order valence-corrected chi connectivity index (χ4v) is 2.56. The van der Waals surface area contributed by atoms with Crippen LogP contribution >= 0.6 is 11.6 Å². The number of hydrogen-bond donors (Lipinski definition) is 1. The Morgan fingerprint density at radius 3 is 2.57 bits per heavy atom. The van der Waals surface area contributed by atoms with E-state index in [1.165, 1.54) is 0 Å². The van der Waals surface area contributed by atoms with E-state index in [1.807, 2.05) is 48.0 Å². The summed E-state index contributed by atoms with van der Waals surface area (Å²) in [5, 5.41) is 12.0. The normalized spacial score (nSPS) is 12.0. The van der Waals surface area contributed by atoms with E-state index < -0.39 is 5.50 Å². The van der Waals surface area contributed by atoms with E-state index in [-0.39, 0.29) is 0 Å². The Kier molecular flexibility index (Phi) is 3.51. The summed E-state index contributed by atoms with van der Waals surface area (Å²) in [6.45, 7) is 0. The SMILES string of the molecule is Cn1c(C(Cl)Nc2ccc(C#N)cc2)nc2ccccc21. The largest absolute Gasteiger partial charge is 0.363 e. The zero-order valence-electron chi connectivity index (χ0n) is 11.4. The van der Waals surface area contributed by atoms with E-state index in [9.17, 15) is 0 Å². The molecule has 0 saturated heterocycles. The van der Waals surface area contributed by atoms with Gasteiger partial charge in [0.15, 0.2) is 5.50 Å². The predicted octanol–water partition coefficient (Wildman–Crippen LogP) is 3.79. The Morgan fingerprint density at radius 1 is 1.19 bits per heavy atom. The maximum Gasteiger partial charge on any atom is 0.160 e. The smallest absolute Gasteiger partial charge is 0.160 e. The molecule has 1 atom stereocenters. The topological polar surface area (TPSA) is 53.6 Å². The molecular weight excluding hydrogens is 284 g/mol. The molecule has 3 aromatic rings. The van der Waals surface area contributed by atoms with Crippen LogP contribution in [-0.4, -0.2) is 9.55 Å². The van der Waals surface area contributed by atoms with Gasteiger partial charge in [0.25, 0.3) is 0 Å². The molecule has 5 heteroatoms. The molecule has 1 aromatic heterocycles. The molecule has 0 fully saturated rings. The number of benzene rings is 2. The van der Waals surface area contributed by atoms with Gasteiger partial charge in [0.2, 0.25) is 0 Å². The molecule has 1 N–H and O–H groups in total. The lowest BCUT2D eigenvalue weighted by Gasteiger charge is -2.13. The van der Waals surface area contributed by atoms with Crippen LogP contribution in [0.1, 0.15) is 16.9 Å². The molecule has 0 aliphatic rings. The highest BCUT2D eigenvalue weighted by Crippen LogP contribution is 2.25. The number of nitrogens with one attached hydrogen (secondary N) is 1. The van der Waals surface area contributed by atoms with E-state index in [1.54, 1.807) is 12.1 Å². The lowest BCUT2D eigenvalue weighted by atomic mass is 10.2. The Labute approximate surface area is 127 Å². The Balaban J connectivity index is 1.88. The van der Waals surface area contributed by atoms with E-state index in [2.05, 4.69) is 16.4 Å². The fraction of sp³-hybridized carbons (Fsp3) is 0.125. The minimum atomic E-state index is -0.449. The second kappa shape index (κ2) is 5.47. The zero-order chi connectivity index (χ0) is 14.8. The Morgan fingerprint density at radius 2 is 1.90 bits per heavy atom. The maximum atomic E-state index is 8.80. The molecule has 0 aliphatic heterocycles. The number of fused-ring (bicyclic) bond motifs is 1. The highest BCUT2D eigenvalue weighted by molar-refractivity contribution is 6.21. The van der Waals surface area contributed by atoms with Gasteiger partial charge in [-0.2, -0.15) is 5.26 Å².